The van der Waals surface area contributed by atoms with Gasteiger partial charge in [-0.05, 0) is 33.8 Å². The molecule has 1 aromatic rings. The van der Waals surface area contributed by atoms with Gasteiger partial charge in [0.15, 0.2) is 0 Å². The molecule has 0 saturated carbocycles. The van der Waals surface area contributed by atoms with Crippen LogP contribution >= 0.6 is 0 Å². The summed E-state index contributed by atoms with van der Waals surface area (Å²) in [6.07, 6.45) is 4.18. The Labute approximate surface area is 108 Å². The highest BCUT2D eigenvalue weighted by Gasteiger charge is 2.51. The molecular weight excluding hydrogens is 229 g/mol. The summed E-state index contributed by atoms with van der Waals surface area (Å²) in [6, 6.07) is 2.54. The molecule has 3 heterocycles. The molecule has 2 aliphatic heterocycles. The molecule has 0 spiro atoms. The molecule has 3 rings (SSSR count). The maximum absolute atomic E-state index is 6.03. The van der Waals surface area contributed by atoms with Crippen LogP contribution in [-0.2, 0) is 14.0 Å². The highest BCUT2D eigenvalue weighted by atomic mass is 16.7. The van der Waals surface area contributed by atoms with Crippen LogP contribution in [0.5, 0.6) is 0 Å². The lowest BCUT2D eigenvalue weighted by molar-refractivity contribution is -0.0231. The Morgan fingerprint density at radius 3 is 2.28 bits per heavy atom. The SMILES string of the molecule is CC1(C)OB(c2ccn(C3COC3)c2)OC1(C)C. The van der Waals surface area contributed by atoms with Crippen LogP contribution in [0.15, 0.2) is 18.5 Å². The van der Waals surface area contributed by atoms with Gasteiger partial charge in [-0.15, -0.1) is 0 Å². The van der Waals surface area contributed by atoms with Gasteiger partial charge in [0.2, 0.25) is 0 Å². The molecule has 2 saturated heterocycles. The average Bonchev–Trinajstić information content (AvgIpc) is 2.68. The van der Waals surface area contributed by atoms with Crippen LogP contribution in [0.1, 0.15) is 33.7 Å². The third kappa shape index (κ3) is 1.81. The molecular formula is C13H20BNO3. The van der Waals surface area contributed by atoms with E-state index in [1.165, 1.54) is 0 Å². The molecule has 2 aliphatic rings. The predicted octanol–water partition coefficient (Wildman–Crippen LogP) is 1.36. The summed E-state index contributed by atoms with van der Waals surface area (Å²) in [5.41, 5.74) is 0.527. The fourth-order valence-corrected chi connectivity index (χ4v) is 2.17. The van der Waals surface area contributed by atoms with Crippen molar-refractivity contribution in [2.24, 2.45) is 0 Å². The zero-order chi connectivity index (χ0) is 13.0. The van der Waals surface area contributed by atoms with Gasteiger partial charge in [0.1, 0.15) is 0 Å². The molecule has 0 aromatic carbocycles. The summed E-state index contributed by atoms with van der Waals surface area (Å²) >= 11 is 0. The van der Waals surface area contributed by atoms with Gasteiger partial charge in [-0.2, -0.15) is 0 Å². The summed E-state index contributed by atoms with van der Waals surface area (Å²) in [5, 5.41) is 0. The lowest BCUT2D eigenvalue weighted by atomic mass is 9.81. The smallest absolute Gasteiger partial charge is 0.399 e. The number of aromatic nitrogens is 1. The van der Waals surface area contributed by atoms with Gasteiger partial charge in [-0.3, -0.25) is 0 Å². The van der Waals surface area contributed by atoms with Gasteiger partial charge in [-0.1, -0.05) is 0 Å². The van der Waals surface area contributed by atoms with Crippen LogP contribution in [0.3, 0.4) is 0 Å². The van der Waals surface area contributed by atoms with Crippen molar-refractivity contribution in [3.8, 4) is 0 Å². The maximum Gasteiger partial charge on any atom is 0.496 e. The Balaban J connectivity index is 1.78. The number of ether oxygens (including phenoxy) is 1. The largest absolute Gasteiger partial charge is 0.496 e. The van der Waals surface area contributed by atoms with Gasteiger partial charge in [0.25, 0.3) is 0 Å². The van der Waals surface area contributed by atoms with E-state index in [1.807, 2.05) is 0 Å². The van der Waals surface area contributed by atoms with Crippen molar-refractivity contribution >= 4 is 12.6 Å². The summed E-state index contributed by atoms with van der Waals surface area (Å²) in [4.78, 5) is 0. The van der Waals surface area contributed by atoms with Crippen LogP contribution in [0.2, 0.25) is 0 Å². The maximum atomic E-state index is 6.03. The quantitative estimate of drug-likeness (QED) is 0.742. The van der Waals surface area contributed by atoms with E-state index < -0.39 is 0 Å². The third-order valence-electron chi connectivity index (χ3n) is 4.30. The number of hydrogen-bond acceptors (Lipinski definition) is 3. The number of hydrogen-bond donors (Lipinski definition) is 0. The van der Waals surface area contributed by atoms with Gasteiger partial charge in [0.05, 0.1) is 30.5 Å². The molecule has 4 nitrogen and oxygen atoms in total. The Kier molecular flexibility index (Phi) is 2.63. The second-order valence-electron chi connectivity index (χ2n) is 6.17. The second-order valence-corrected chi connectivity index (χ2v) is 6.17. The minimum atomic E-state index is -0.278. The normalized spacial score (nSPS) is 26.3. The number of nitrogens with zero attached hydrogens (tertiary/aromatic N) is 1. The first kappa shape index (κ1) is 12.3. The lowest BCUT2D eigenvalue weighted by Gasteiger charge is -2.32. The van der Waals surface area contributed by atoms with Gasteiger partial charge in [0, 0.05) is 17.9 Å². The Bertz CT molecular complexity index is 435. The van der Waals surface area contributed by atoms with Crippen molar-refractivity contribution in [3.05, 3.63) is 18.5 Å². The van der Waals surface area contributed by atoms with Gasteiger partial charge >= 0.3 is 7.12 Å². The van der Waals surface area contributed by atoms with Crippen LogP contribution in [-0.4, -0.2) is 36.1 Å². The molecule has 0 N–H and O–H groups in total. The van der Waals surface area contributed by atoms with Crippen molar-refractivity contribution in [1.82, 2.24) is 4.57 Å². The van der Waals surface area contributed by atoms with Crippen LogP contribution in [0.25, 0.3) is 0 Å². The topological polar surface area (TPSA) is 32.6 Å². The molecule has 2 fully saturated rings. The first-order valence-electron chi connectivity index (χ1n) is 6.50. The van der Waals surface area contributed by atoms with Crippen LogP contribution in [0, 0.1) is 0 Å². The van der Waals surface area contributed by atoms with E-state index >= 15 is 0 Å². The van der Waals surface area contributed by atoms with Crippen molar-refractivity contribution in [2.75, 3.05) is 13.2 Å². The van der Waals surface area contributed by atoms with Crippen molar-refractivity contribution in [3.63, 3.8) is 0 Å². The standard InChI is InChI=1S/C13H20BNO3/c1-12(2)13(3,4)18-14(17-12)10-5-6-15(7-10)11-8-16-9-11/h5-7,11H,8-9H2,1-4H3. The fraction of sp³-hybridized carbons (Fsp3) is 0.692. The second kappa shape index (κ2) is 3.86. The monoisotopic (exact) mass is 249 g/mol. The molecule has 98 valence electrons. The van der Waals surface area contributed by atoms with E-state index in [0.29, 0.717) is 6.04 Å². The van der Waals surface area contributed by atoms with E-state index in [-0.39, 0.29) is 18.3 Å². The van der Waals surface area contributed by atoms with E-state index in [2.05, 4.69) is 50.7 Å². The van der Waals surface area contributed by atoms with Gasteiger partial charge in [-0.25, -0.2) is 0 Å². The van der Waals surface area contributed by atoms with Crippen LogP contribution < -0.4 is 5.46 Å². The first-order valence-corrected chi connectivity index (χ1v) is 6.50. The Morgan fingerprint density at radius 2 is 1.78 bits per heavy atom. The highest BCUT2D eigenvalue weighted by Crippen LogP contribution is 2.36. The fourth-order valence-electron chi connectivity index (χ4n) is 2.17. The highest BCUT2D eigenvalue weighted by molar-refractivity contribution is 6.62. The molecule has 5 heteroatoms. The van der Waals surface area contributed by atoms with E-state index in [9.17, 15) is 0 Å². The minimum absolute atomic E-state index is 0.266. The summed E-state index contributed by atoms with van der Waals surface area (Å²) < 4.78 is 19.4. The number of rotatable bonds is 2. The summed E-state index contributed by atoms with van der Waals surface area (Å²) in [7, 11) is -0.266. The molecule has 18 heavy (non-hydrogen) atoms. The third-order valence-corrected chi connectivity index (χ3v) is 4.30. The minimum Gasteiger partial charge on any atom is -0.399 e. The molecule has 1 aromatic heterocycles. The van der Waals surface area contributed by atoms with Crippen LogP contribution in [0.4, 0.5) is 0 Å². The summed E-state index contributed by atoms with van der Waals surface area (Å²) in [6.45, 7) is 9.90. The lowest BCUT2D eigenvalue weighted by Crippen LogP contribution is -2.41. The zero-order valence-corrected chi connectivity index (χ0v) is 11.5. The van der Waals surface area contributed by atoms with E-state index in [4.69, 9.17) is 14.0 Å². The average molecular weight is 249 g/mol. The molecule has 0 amide bonds. The molecule has 0 atom stereocenters. The van der Waals surface area contributed by atoms with Gasteiger partial charge < -0.3 is 18.6 Å². The zero-order valence-electron chi connectivity index (χ0n) is 11.5. The van der Waals surface area contributed by atoms with E-state index in [0.717, 1.165) is 18.7 Å². The molecule has 0 unspecified atom stereocenters. The summed E-state index contributed by atoms with van der Waals surface area (Å²) in [5.74, 6) is 0. The molecule has 0 radical (unpaired) electrons. The van der Waals surface area contributed by atoms with Crippen molar-refractivity contribution in [2.45, 2.75) is 44.9 Å². The first-order chi connectivity index (χ1) is 8.39. The predicted molar refractivity (Wildman–Crippen MR) is 70.0 cm³/mol. The Hall–Kier alpha value is -0.775. The molecule has 0 aliphatic carbocycles. The Morgan fingerprint density at radius 1 is 1.17 bits per heavy atom. The van der Waals surface area contributed by atoms with E-state index in [1.54, 1.807) is 0 Å². The van der Waals surface area contributed by atoms with Crippen molar-refractivity contribution in [1.29, 1.82) is 0 Å². The molecule has 0 bridgehead atoms. The van der Waals surface area contributed by atoms with Crippen molar-refractivity contribution < 1.29 is 14.0 Å².